The van der Waals surface area contributed by atoms with Gasteiger partial charge in [0.05, 0.1) is 5.56 Å². The van der Waals surface area contributed by atoms with Crippen molar-refractivity contribution in [1.82, 2.24) is 9.97 Å². The van der Waals surface area contributed by atoms with Gasteiger partial charge in [-0.05, 0) is 78.1 Å². The topological polar surface area (TPSA) is 57.8 Å². The molecule has 1 unspecified atom stereocenters. The van der Waals surface area contributed by atoms with Crippen molar-refractivity contribution in [3.63, 3.8) is 0 Å². The fourth-order valence-electron chi connectivity index (χ4n) is 4.52. The van der Waals surface area contributed by atoms with Gasteiger partial charge in [-0.15, -0.1) is 0 Å². The molecule has 1 aromatic heterocycles. The third-order valence-corrected chi connectivity index (χ3v) is 7.04. The number of benzene rings is 2. The fourth-order valence-corrected chi connectivity index (χ4v) is 5.15. The zero-order chi connectivity index (χ0) is 22.2. The first-order valence-electron chi connectivity index (χ1n) is 10.4. The van der Waals surface area contributed by atoms with Gasteiger partial charge in [-0.25, -0.2) is 4.98 Å². The highest BCUT2D eigenvalue weighted by Crippen LogP contribution is 2.46. The average molecular weight is 482 g/mol. The number of nitrogens with zero attached hydrogens (tertiary/aromatic N) is 1. The van der Waals surface area contributed by atoms with E-state index in [2.05, 4.69) is 16.4 Å². The van der Waals surface area contributed by atoms with Gasteiger partial charge in [0.1, 0.15) is 5.82 Å². The highest BCUT2D eigenvalue weighted by molar-refractivity contribution is 7.98. The Labute approximate surface area is 200 Å². The maximum Gasteiger partial charge on any atom is 0.257 e. The molecule has 0 spiro atoms. The Kier molecular flexibility index (Phi) is 5.89. The van der Waals surface area contributed by atoms with Gasteiger partial charge < -0.3 is 10.3 Å². The van der Waals surface area contributed by atoms with Crippen LogP contribution in [0.25, 0.3) is 6.08 Å². The van der Waals surface area contributed by atoms with E-state index < -0.39 is 0 Å². The summed E-state index contributed by atoms with van der Waals surface area (Å²) in [4.78, 5) is 20.8. The van der Waals surface area contributed by atoms with E-state index in [9.17, 15) is 4.79 Å². The third kappa shape index (κ3) is 4.01. The SMILES string of the molecule is CSc1nc2c(c(=O)[nH]1)C(c1ccc(Cl)cc1)C1=C(N2)/C(=C/c2ccc(Cl)cc2)CCC1. The van der Waals surface area contributed by atoms with Crippen LogP contribution < -0.4 is 10.9 Å². The number of H-pyrrole nitrogens is 1. The van der Waals surface area contributed by atoms with Crippen LogP contribution >= 0.6 is 35.0 Å². The predicted octanol–water partition coefficient (Wildman–Crippen LogP) is 6.88. The molecular weight excluding hydrogens is 461 g/mol. The highest BCUT2D eigenvalue weighted by Gasteiger charge is 2.35. The molecule has 1 aliphatic carbocycles. The van der Waals surface area contributed by atoms with Gasteiger partial charge >= 0.3 is 0 Å². The molecule has 3 aromatic rings. The van der Waals surface area contributed by atoms with Crippen molar-refractivity contribution < 1.29 is 0 Å². The number of halogens is 2. The molecule has 2 aromatic carbocycles. The van der Waals surface area contributed by atoms with Crippen LogP contribution in [0.3, 0.4) is 0 Å². The van der Waals surface area contributed by atoms with E-state index in [1.165, 1.54) is 22.9 Å². The Hall–Kier alpha value is -2.47. The minimum Gasteiger partial charge on any atom is -0.340 e. The van der Waals surface area contributed by atoms with Gasteiger partial charge in [0.15, 0.2) is 5.16 Å². The maximum atomic E-state index is 13.1. The minimum absolute atomic E-state index is 0.104. The van der Waals surface area contributed by atoms with E-state index in [0.29, 0.717) is 21.6 Å². The Morgan fingerprint density at radius 3 is 2.41 bits per heavy atom. The van der Waals surface area contributed by atoms with Gasteiger partial charge in [-0.3, -0.25) is 4.79 Å². The molecule has 0 bridgehead atoms. The molecule has 1 aliphatic heterocycles. The van der Waals surface area contributed by atoms with Crippen LogP contribution in [-0.4, -0.2) is 16.2 Å². The summed E-state index contributed by atoms with van der Waals surface area (Å²) in [6.45, 7) is 0. The van der Waals surface area contributed by atoms with Crippen molar-refractivity contribution in [2.24, 2.45) is 0 Å². The Balaban J connectivity index is 1.70. The normalized spacial score (nSPS) is 18.8. The average Bonchev–Trinajstić information content (AvgIpc) is 2.80. The number of anilines is 1. The van der Waals surface area contributed by atoms with Crippen LogP contribution in [0.1, 0.15) is 41.9 Å². The summed E-state index contributed by atoms with van der Waals surface area (Å²) in [6, 6.07) is 15.6. The number of aromatic amines is 1. The van der Waals surface area contributed by atoms with Crippen molar-refractivity contribution in [2.75, 3.05) is 11.6 Å². The van der Waals surface area contributed by atoms with E-state index >= 15 is 0 Å². The Bertz CT molecular complexity index is 1290. The number of hydrogen-bond donors (Lipinski definition) is 2. The second-order valence-electron chi connectivity index (χ2n) is 7.92. The molecule has 7 heteroatoms. The largest absolute Gasteiger partial charge is 0.340 e. The van der Waals surface area contributed by atoms with Crippen molar-refractivity contribution in [3.05, 3.63) is 102 Å². The first-order valence-corrected chi connectivity index (χ1v) is 12.4. The molecule has 5 rings (SSSR count). The summed E-state index contributed by atoms with van der Waals surface area (Å²) in [6.07, 6.45) is 6.99. The molecule has 162 valence electrons. The second-order valence-corrected chi connectivity index (χ2v) is 9.59. The zero-order valence-corrected chi connectivity index (χ0v) is 19.7. The molecular formula is C25H21Cl2N3OS. The molecule has 0 fully saturated rings. The number of aromatic nitrogens is 2. The number of rotatable bonds is 3. The number of allylic oxidation sites excluding steroid dienone is 2. The van der Waals surface area contributed by atoms with E-state index in [1.807, 2.05) is 54.8 Å². The molecule has 32 heavy (non-hydrogen) atoms. The van der Waals surface area contributed by atoms with Gasteiger partial charge in [0, 0.05) is 21.7 Å². The lowest BCUT2D eigenvalue weighted by atomic mass is 9.75. The fraction of sp³-hybridized carbons (Fsp3) is 0.200. The summed E-state index contributed by atoms with van der Waals surface area (Å²) < 4.78 is 0. The standard InChI is InChI=1S/C25H21Cl2N3OS/c1-32-25-29-23-21(24(31)30-25)20(15-7-11-18(27)12-8-15)19-4-2-3-16(22(19)28-23)13-14-5-9-17(26)10-6-14/h5-13,20H,2-4H2,1H3,(H2,28,29,30,31)/b16-13+. The lowest BCUT2D eigenvalue weighted by Gasteiger charge is -2.35. The monoisotopic (exact) mass is 481 g/mol. The quantitative estimate of drug-likeness (QED) is 0.316. The van der Waals surface area contributed by atoms with E-state index in [0.717, 1.165) is 41.1 Å². The number of hydrogen-bond acceptors (Lipinski definition) is 4. The van der Waals surface area contributed by atoms with Crippen molar-refractivity contribution in [3.8, 4) is 0 Å². The summed E-state index contributed by atoms with van der Waals surface area (Å²) in [5.41, 5.74) is 6.20. The van der Waals surface area contributed by atoms with Crippen molar-refractivity contribution in [1.29, 1.82) is 0 Å². The summed E-state index contributed by atoms with van der Waals surface area (Å²) in [5, 5.41) is 5.51. The van der Waals surface area contributed by atoms with E-state index in [1.54, 1.807) is 0 Å². The highest BCUT2D eigenvalue weighted by atomic mass is 35.5. The zero-order valence-electron chi connectivity index (χ0n) is 17.4. The first-order chi connectivity index (χ1) is 15.5. The van der Waals surface area contributed by atoms with E-state index in [4.69, 9.17) is 28.2 Å². The lowest BCUT2D eigenvalue weighted by molar-refractivity contribution is 0.695. The summed E-state index contributed by atoms with van der Waals surface area (Å²) in [5.74, 6) is 0.459. The summed E-state index contributed by atoms with van der Waals surface area (Å²) >= 11 is 13.6. The number of thioether (sulfide) groups is 1. The van der Waals surface area contributed by atoms with Crippen LogP contribution in [0.2, 0.25) is 10.0 Å². The van der Waals surface area contributed by atoms with Crippen LogP contribution in [-0.2, 0) is 0 Å². The third-order valence-electron chi connectivity index (χ3n) is 5.96. The Morgan fingerprint density at radius 2 is 1.72 bits per heavy atom. The molecule has 2 heterocycles. The first kappa shape index (κ1) is 21.4. The summed E-state index contributed by atoms with van der Waals surface area (Å²) in [7, 11) is 0. The van der Waals surface area contributed by atoms with Gasteiger partial charge in [-0.2, -0.15) is 0 Å². The van der Waals surface area contributed by atoms with Crippen LogP contribution in [0, 0.1) is 0 Å². The number of fused-ring (bicyclic) bond motifs is 1. The molecule has 0 amide bonds. The predicted molar refractivity (Wildman–Crippen MR) is 134 cm³/mol. The molecule has 2 N–H and O–H groups in total. The molecule has 0 saturated carbocycles. The number of nitrogens with one attached hydrogen (secondary N) is 2. The minimum atomic E-state index is -0.167. The molecule has 0 saturated heterocycles. The van der Waals surface area contributed by atoms with E-state index in [-0.39, 0.29) is 11.5 Å². The molecule has 1 atom stereocenters. The van der Waals surface area contributed by atoms with Crippen molar-refractivity contribution in [2.45, 2.75) is 30.3 Å². The van der Waals surface area contributed by atoms with Gasteiger partial charge in [0.25, 0.3) is 5.56 Å². The van der Waals surface area contributed by atoms with Crippen LogP contribution in [0.5, 0.6) is 0 Å². The van der Waals surface area contributed by atoms with Gasteiger partial charge in [-0.1, -0.05) is 59.2 Å². The van der Waals surface area contributed by atoms with Crippen LogP contribution in [0.15, 0.2) is 75.3 Å². The van der Waals surface area contributed by atoms with Crippen molar-refractivity contribution >= 4 is 46.9 Å². The van der Waals surface area contributed by atoms with Gasteiger partial charge in [0.2, 0.25) is 0 Å². The smallest absolute Gasteiger partial charge is 0.257 e. The Morgan fingerprint density at radius 1 is 1.03 bits per heavy atom. The lowest BCUT2D eigenvalue weighted by Crippen LogP contribution is -2.30. The second kappa shape index (κ2) is 8.81. The molecule has 2 aliphatic rings. The molecule has 0 radical (unpaired) electrons. The molecule has 4 nitrogen and oxygen atoms in total. The van der Waals surface area contributed by atoms with Crippen LogP contribution in [0.4, 0.5) is 5.82 Å². The maximum absolute atomic E-state index is 13.1.